The summed E-state index contributed by atoms with van der Waals surface area (Å²) >= 11 is 0. The van der Waals surface area contributed by atoms with Crippen molar-refractivity contribution in [3.8, 4) is 11.1 Å². The first-order valence-corrected chi connectivity index (χ1v) is 15.1. The molecule has 202 valence electrons. The van der Waals surface area contributed by atoms with Crippen molar-refractivity contribution >= 4 is 10.0 Å². The van der Waals surface area contributed by atoms with Crippen LogP contribution in [0.4, 0.5) is 0 Å². The lowest BCUT2D eigenvalue weighted by atomic mass is 9.74. The molecule has 0 spiro atoms. The van der Waals surface area contributed by atoms with E-state index in [0.717, 1.165) is 19.4 Å². The molecule has 7 nitrogen and oxygen atoms in total. The van der Waals surface area contributed by atoms with Crippen LogP contribution in [0.3, 0.4) is 0 Å². The number of nitrogens with zero attached hydrogens (tertiary/aromatic N) is 2. The molecular weight excluding hydrogens is 486 g/mol. The van der Waals surface area contributed by atoms with E-state index in [0.29, 0.717) is 19.7 Å². The number of sulfonamides is 1. The van der Waals surface area contributed by atoms with E-state index in [2.05, 4.69) is 66.7 Å². The number of hydroxylamine groups is 1. The molecule has 3 heterocycles. The number of rotatable bonds is 6. The van der Waals surface area contributed by atoms with Gasteiger partial charge in [-0.1, -0.05) is 42.5 Å². The predicted octanol–water partition coefficient (Wildman–Crippen LogP) is 3.86. The predicted molar refractivity (Wildman–Crippen MR) is 147 cm³/mol. The van der Waals surface area contributed by atoms with Crippen LogP contribution in [0.1, 0.15) is 49.3 Å². The average molecular weight is 528 g/mol. The third-order valence-electron chi connectivity index (χ3n) is 8.79. The van der Waals surface area contributed by atoms with Gasteiger partial charge < -0.3 is 4.74 Å². The fraction of sp³-hybridized carbons (Fsp3) is 0.586. The molecule has 6 atom stereocenters. The summed E-state index contributed by atoms with van der Waals surface area (Å²) in [7, 11) is -1.77. The molecule has 1 N–H and O–H groups in total. The summed E-state index contributed by atoms with van der Waals surface area (Å²) in [5, 5.41) is -0.578. The van der Waals surface area contributed by atoms with Crippen LogP contribution in [0.2, 0.25) is 0 Å². The monoisotopic (exact) mass is 527 g/mol. The highest BCUT2D eigenvalue weighted by molar-refractivity contribution is 7.89. The number of fused-ring (bicyclic) bond motifs is 1. The first-order valence-electron chi connectivity index (χ1n) is 13.6. The summed E-state index contributed by atoms with van der Waals surface area (Å²) in [6, 6.07) is 15.5. The summed E-state index contributed by atoms with van der Waals surface area (Å²) in [6.45, 7) is 10.7. The molecule has 37 heavy (non-hydrogen) atoms. The van der Waals surface area contributed by atoms with E-state index in [1.807, 2.05) is 13.8 Å². The number of aryl methyl sites for hydroxylation is 1. The molecule has 0 radical (unpaired) electrons. The van der Waals surface area contributed by atoms with E-state index in [9.17, 15) is 8.42 Å². The van der Waals surface area contributed by atoms with Crippen molar-refractivity contribution in [2.24, 2.45) is 0 Å². The molecule has 0 aliphatic carbocycles. The van der Waals surface area contributed by atoms with Crippen LogP contribution in [0.15, 0.2) is 42.5 Å². The van der Waals surface area contributed by atoms with Gasteiger partial charge in [0.05, 0.1) is 18.8 Å². The maximum absolute atomic E-state index is 13.8. The highest BCUT2D eigenvalue weighted by Gasteiger charge is 2.52. The minimum atomic E-state index is -3.52. The smallest absolute Gasteiger partial charge is 0.221 e. The van der Waals surface area contributed by atoms with Gasteiger partial charge in [-0.05, 0) is 74.9 Å². The van der Waals surface area contributed by atoms with Crippen molar-refractivity contribution in [3.05, 3.63) is 59.2 Å². The van der Waals surface area contributed by atoms with Gasteiger partial charge in [0.25, 0.3) is 0 Å². The molecule has 2 aromatic rings. The lowest BCUT2D eigenvalue weighted by Crippen LogP contribution is -2.68. The first-order chi connectivity index (χ1) is 17.7. The van der Waals surface area contributed by atoms with E-state index in [-0.39, 0.29) is 30.1 Å². The zero-order valence-electron chi connectivity index (χ0n) is 22.7. The fourth-order valence-corrected chi connectivity index (χ4v) is 8.87. The van der Waals surface area contributed by atoms with Crippen LogP contribution in [-0.2, 0) is 19.6 Å². The van der Waals surface area contributed by atoms with Gasteiger partial charge in [-0.2, -0.15) is 9.79 Å². The van der Waals surface area contributed by atoms with E-state index in [1.165, 1.54) is 27.8 Å². The quantitative estimate of drug-likeness (QED) is 0.615. The van der Waals surface area contributed by atoms with Gasteiger partial charge in [-0.3, -0.25) is 9.74 Å². The van der Waals surface area contributed by atoms with Crippen LogP contribution in [-0.4, -0.2) is 80.5 Å². The molecule has 0 bridgehead atoms. The number of hydrogen-bond donors (Lipinski definition) is 1. The third-order valence-corrected chi connectivity index (χ3v) is 11.3. The van der Waals surface area contributed by atoms with E-state index in [1.54, 1.807) is 11.4 Å². The molecule has 8 heteroatoms. The number of benzene rings is 2. The Balaban J connectivity index is 1.43. The van der Waals surface area contributed by atoms with Crippen LogP contribution in [0, 0.1) is 13.8 Å². The summed E-state index contributed by atoms with van der Waals surface area (Å²) in [6.07, 6.45) is 1.46. The van der Waals surface area contributed by atoms with Crippen LogP contribution in [0.25, 0.3) is 11.1 Å². The maximum Gasteiger partial charge on any atom is 0.221 e. The Bertz CT molecular complexity index is 1190. The van der Waals surface area contributed by atoms with Crippen molar-refractivity contribution in [1.82, 2.24) is 14.7 Å². The number of hydrogen-bond acceptors (Lipinski definition) is 6. The zero-order valence-corrected chi connectivity index (χ0v) is 23.5. The Morgan fingerprint density at radius 3 is 2.46 bits per heavy atom. The van der Waals surface area contributed by atoms with Gasteiger partial charge in [0.2, 0.25) is 10.0 Å². The molecule has 0 saturated carbocycles. The summed E-state index contributed by atoms with van der Waals surface area (Å²) in [5.41, 5.74) is 9.19. The van der Waals surface area contributed by atoms with E-state index >= 15 is 0 Å². The van der Waals surface area contributed by atoms with Crippen LogP contribution < -0.4 is 5.48 Å². The van der Waals surface area contributed by atoms with Gasteiger partial charge in [0.15, 0.2) is 0 Å². The molecule has 4 unspecified atom stereocenters. The van der Waals surface area contributed by atoms with Gasteiger partial charge >= 0.3 is 0 Å². The molecule has 2 aromatic carbocycles. The van der Waals surface area contributed by atoms with Crippen molar-refractivity contribution in [2.75, 3.05) is 33.4 Å². The largest absolute Gasteiger partial charge is 0.383 e. The summed E-state index contributed by atoms with van der Waals surface area (Å²) < 4.78 is 35.0. The number of nitrogens with one attached hydrogen (secondary N) is 1. The Labute approximate surface area is 222 Å². The van der Waals surface area contributed by atoms with Crippen LogP contribution >= 0.6 is 0 Å². The highest BCUT2D eigenvalue weighted by atomic mass is 32.2. The molecule has 3 aliphatic rings. The zero-order chi connectivity index (χ0) is 26.3. The van der Waals surface area contributed by atoms with Crippen molar-refractivity contribution in [2.45, 2.75) is 75.9 Å². The number of ether oxygens (including phenoxy) is 1. The Morgan fingerprint density at radius 2 is 1.78 bits per heavy atom. The average Bonchev–Trinajstić information content (AvgIpc) is 3.20. The summed E-state index contributed by atoms with van der Waals surface area (Å²) in [4.78, 5) is 7.97. The standard InChI is InChI=1S/C29H41N3O4S/c1-19-9-8-10-25(20(19)2)23-11-13-24(14-12-23)28-26-17-31(15-6-7-16-32(26)27(28)18-35-5)37(33,34)29-21(3)30-36-22(29)4/h8-14,21-22,26-30H,6-7,15-18H2,1-5H3/t21?,22?,26?,27-,28+,29?/m1/s1. The van der Waals surface area contributed by atoms with Gasteiger partial charge in [0, 0.05) is 38.2 Å². The van der Waals surface area contributed by atoms with Crippen molar-refractivity contribution < 1.29 is 18.0 Å². The molecule has 3 fully saturated rings. The minimum absolute atomic E-state index is 0.127. The van der Waals surface area contributed by atoms with Crippen LogP contribution in [0.5, 0.6) is 0 Å². The molecule has 0 amide bonds. The van der Waals surface area contributed by atoms with Gasteiger partial charge in [0.1, 0.15) is 5.25 Å². The SMILES string of the molecule is COC[C@@H]1[C@@H](c2ccc(-c3cccc(C)c3C)cc2)C2CN(S(=O)(=O)C3C(C)NOC3C)CCCCN21. The van der Waals surface area contributed by atoms with E-state index < -0.39 is 15.3 Å². The highest BCUT2D eigenvalue weighted by Crippen LogP contribution is 2.43. The first kappa shape index (κ1) is 26.8. The molecule has 3 aliphatic heterocycles. The number of methoxy groups -OCH3 is 1. The molecule has 0 aromatic heterocycles. The Morgan fingerprint density at radius 1 is 1.05 bits per heavy atom. The summed E-state index contributed by atoms with van der Waals surface area (Å²) in [5.74, 6) is 0.219. The van der Waals surface area contributed by atoms with Crippen molar-refractivity contribution in [1.29, 1.82) is 0 Å². The van der Waals surface area contributed by atoms with E-state index in [4.69, 9.17) is 9.57 Å². The Hall–Kier alpha value is -1.81. The lowest BCUT2D eigenvalue weighted by molar-refractivity contribution is -0.0636. The topological polar surface area (TPSA) is 71.1 Å². The fourth-order valence-electron chi connectivity index (χ4n) is 6.67. The second kappa shape index (κ2) is 10.8. The molecule has 3 saturated heterocycles. The second-order valence-corrected chi connectivity index (χ2v) is 13.1. The lowest BCUT2D eigenvalue weighted by Gasteiger charge is -2.57. The minimum Gasteiger partial charge on any atom is -0.383 e. The van der Waals surface area contributed by atoms with Crippen molar-refractivity contribution in [3.63, 3.8) is 0 Å². The second-order valence-electron chi connectivity index (χ2n) is 11.0. The normalized spacial score (nSPS) is 31.4. The Kier molecular flexibility index (Phi) is 7.78. The maximum atomic E-state index is 13.8. The van der Waals surface area contributed by atoms with Gasteiger partial charge in [-0.15, -0.1) is 0 Å². The molecular formula is C29H41N3O4S. The third kappa shape index (κ3) is 4.88. The van der Waals surface area contributed by atoms with Gasteiger partial charge in [-0.25, -0.2) is 8.42 Å². The molecule has 5 rings (SSSR count).